The molecule has 0 aromatic heterocycles. The lowest BCUT2D eigenvalue weighted by Crippen LogP contribution is -2.32. The predicted octanol–water partition coefficient (Wildman–Crippen LogP) is 2.45. The fraction of sp³-hybridized carbons (Fsp3) is 0.500. The van der Waals surface area contributed by atoms with Gasteiger partial charge in [0.05, 0.1) is 16.0 Å². The van der Waals surface area contributed by atoms with E-state index in [9.17, 15) is 34.8 Å². The molecule has 1 atom stereocenters. The monoisotopic (exact) mass is 362 g/mol. The van der Waals surface area contributed by atoms with Crippen molar-refractivity contribution in [3.63, 3.8) is 0 Å². The molecule has 23 heavy (non-hydrogen) atoms. The minimum Gasteiger partial charge on any atom is -0.326 e. The van der Waals surface area contributed by atoms with Crippen molar-refractivity contribution in [2.45, 2.75) is 29.7 Å². The number of nitrogens with two attached hydrogens (primary N) is 1. The first kappa shape index (κ1) is 18.0. The molecule has 1 heterocycles. The zero-order valence-electron chi connectivity index (χ0n) is 11.4. The van der Waals surface area contributed by atoms with E-state index >= 15 is 0 Å². The van der Waals surface area contributed by atoms with Crippen LogP contribution in [0.2, 0.25) is 0 Å². The van der Waals surface area contributed by atoms with E-state index in [0.717, 1.165) is 4.31 Å². The van der Waals surface area contributed by atoms with Crippen molar-refractivity contribution in [3.05, 3.63) is 29.3 Å². The Hall–Kier alpha value is -1.33. The quantitative estimate of drug-likeness (QED) is 0.822. The number of alkyl halides is 6. The Morgan fingerprint density at radius 1 is 1.00 bits per heavy atom. The average molecular weight is 362 g/mol. The summed E-state index contributed by atoms with van der Waals surface area (Å²) in [4.78, 5) is -1.05. The molecule has 1 aliphatic heterocycles. The Labute approximate surface area is 127 Å². The van der Waals surface area contributed by atoms with E-state index < -0.39 is 44.4 Å². The lowest BCUT2D eigenvalue weighted by molar-refractivity contribution is -0.143. The topological polar surface area (TPSA) is 63.4 Å². The van der Waals surface area contributed by atoms with Gasteiger partial charge in [0.1, 0.15) is 0 Å². The number of sulfonamides is 1. The van der Waals surface area contributed by atoms with Crippen LogP contribution >= 0.6 is 0 Å². The van der Waals surface area contributed by atoms with E-state index in [0.29, 0.717) is 0 Å². The molecule has 0 aliphatic carbocycles. The van der Waals surface area contributed by atoms with Gasteiger partial charge in [0.2, 0.25) is 10.0 Å². The Morgan fingerprint density at radius 3 is 1.83 bits per heavy atom. The number of rotatable bonds is 2. The lowest BCUT2D eigenvalue weighted by Gasteiger charge is -2.19. The first-order chi connectivity index (χ1) is 10.3. The maximum atomic E-state index is 12.8. The second-order valence-electron chi connectivity index (χ2n) is 5.15. The van der Waals surface area contributed by atoms with Crippen molar-refractivity contribution < 1.29 is 34.8 Å². The van der Waals surface area contributed by atoms with E-state index in [1.165, 1.54) is 0 Å². The molecule has 1 fully saturated rings. The maximum absolute atomic E-state index is 12.8. The van der Waals surface area contributed by atoms with E-state index in [4.69, 9.17) is 5.73 Å². The maximum Gasteiger partial charge on any atom is 0.416 e. The van der Waals surface area contributed by atoms with Crippen LogP contribution in [0.5, 0.6) is 0 Å². The molecule has 11 heteroatoms. The summed E-state index contributed by atoms with van der Waals surface area (Å²) < 4.78 is 102. The lowest BCUT2D eigenvalue weighted by atomic mass is 10.1. The summed E-state index contributed by atoms with van der Waals surface area (Å²) in [6.45, 7) is -0.207. The smallest absolute Gasteiger partial charge is 0.326 e. The zero-order valence-corrected chi connectivity index (χ0v) is 12.3. The Balaban J connectivity index is 2.58. The molecule has 1 saturated heterocycles. The van der Waals surface area contributed by atoms with Crippen LogP contribution in [-0.2, 0) is 22.4 Å². The van der Waals surface area contributed by atoms with Crippen LogP contribution in [0, 0.1) is 0 Å². The first-order valence-electron chi connectivity index (χ1n) is 6.37. The van der Waals surface area contributed by atoms with Crippen molar-refractivity contribution in [3.8, 4) is 0 Å². The van der Waals surface area contributed by atoms with E-state index in [-0.39, 0.29) is 37.7 Å². The summed E-state index contributed by atoms with van der Waals surface area (Å²) in [5, 5.41) is 0. The zero-order chi connectivity index (χ0) is 17.6. The minimum absolute atomic E-state index is 0.0545. The molecule has 0 bridgehead atoms. The summed E-state index contributed by atoms with van der Waals surface area (Å²) >= 11 is 0. The van der Waals surface area contributed by atoms with Crippen LogP contribution < -0.4 is 5.73 Å². The van der Waals surface area contributed by atoms with Gasteiger partial charge in [0, 0.05) is 19.1 Å². The molecule has 0 amide bonds. The van der Waals surface area contributed by atoms with E-state index in [1.807, 2.05) is 0 Å². The molecule has 2 N–H and O–H groups in total. The number of benzene rings is 1. The molecule has 4 nitrogen and oxygen atoms in total. The Morgan fingerprint density at radius 2 is 1.48 bits per heavy atom. The third kappa shape index (κ3) is 3.78. The predicted molar refractivity (Wildman–Crippen MR) is 67.8 cm³/mol. The molecule has 1 aromatic carbocycles. The fourth-order valence-electron chi connectivity index (χ4n) is 2.20. The second kappa shape index (κ2) is 5.64. The highest BCUT2D eigenvalue weighted by Gasteiger charge is 2.40. The highest BCUT2D eigenvalue weighted by atomic mass is 32.2. The van der Waals surface area contributed by atoms with Crippen molar-refractivity contribution in [1.29, 1.82) is 0 Å². The molecule has 0 saturated carbocycles. The van der Waals surface area contributed by atoms with Gasteiger partial charge in [0.25, 0.3) is 0 Å². The Kier molecular flexibility index (Phi) is 4.41. The van der Waals surface area contributed by atoms with Gasteiger partial charge in [-0.05, 0) is 24.6 Å². The third-order valence-corrected chi connectivity index (χ3v) is 5.23. The van der Waals surface area contributed by atoms with Crippen molar-refractivity contribution in [1.82, 2.24) is 4.31 Å². The molecule has 1 aliphatic rings. The average Bonchev–Trinajstić information content (AvgIpc) is 2.83. The van der Waals surface area contributed by atoms with Crippen LogP contribution in [0.15, 0.2) is 23.1 Å². The number of hydrogen-bond acceptors (Lipinski definition) is 3. The van der Waals surface area contributed by atoms with Gasteiger partial charge in [-0.25, -0.2) is 8.42 Å². The molecular formula is C12H12F6N2O2S. The summed E-state index contributed by atoms with van der Waals surface area (Å²) in [6.07, 6.45) is -9.93. The first-order valence-corrected chi connectivity index (χ1v) is 7.81. The molecule has 0 radical (unpaired) electrons. The van der Waals surface area contributed by atoms with Crippen LogP contribution in [0.1, 0.15) is 17.5 Å². The van der Waals surface area contributed by atoms with Crippen LogP contribution in [0.3, 0.4) is 0 Å². The Bertz CT molecular complexity index is 666. The standard InChI is InChI=1S/C12H12F6N2O2S/c13-11(14,15)7-3-8(12(16,17)18)5-10(4-7)23(21,22)20-2-1-9(19)6-20/h3-5,9H,1-2,6,19H2. The van der Waals surface area contributed by atoms with Crippen LogP contribution in [0.25, 0.3) is 0 Å². The summed E-state index contributed by atoms with van der Waals surface area (Å²) in [5.74, 6) is 0. The highest BCUT2D eigenvalue weighted by Crippen LogP contribution is 2.38. The van der Waals surface area contributed by atoms with Gasteiger partial charge in [0.15, 0.2) is 0 Å². The minimum atomic E-state index is -5.10. The normalized spacial score (nSPS) is 20.9. The van der Waals surface area contributed by atoms with Crippen molar-refractivity contribution in [2.24, 2.45) is 5.73 Å². The summed E-state index contributed by atoms with van der Waals surface area (Å²) in [6, 6.07) is -0.213. The van der Waals surface area contributed by atoms with Crippen molar-refractivity contribution >= 4 is 10.0 Å². The SMILES string of the molecule is NC1CCN(S(=O)(=O)c2cc(C(F)(F)F)cc(C(F)(F)F)c2)C1. The molecule has 1 unspecified atom stereocenters. The molecule has 130 valence electrons. The van der Waals surface area contributed by atoms with Crippen molar-refractivity contribution in [2.75, 3.05) is 13.1 Å². The molecular weight excluding hydrogens is 350 g/mol. The highest BCUT2D eigenvalue weighted by molar-refractivity contribution is 7.89. The van der Waals surface area contributed by atoms with Crippen LogP contribution in [-0.4, -0.2) is 31.9 Å². The molecule has 0 spiro atoms. The van der Waals surface area contributed by atoms with Gasteiger partial charge in [-0.3, -0.25) is 0 Å². The fourth-order valence-corrected chi connectivity index (χ4v) is 3.78. The second-order valence-corrected chi connectivity index (χ2v) is 7.09. The van der Waals surface area contributed by atoms with Gasteiger partial charge >= 0.3 is 12.4 Å². The van der Waals surface area contributed by atoms with Gasteiger partial charge in [-0.2, -0.15) is 30.6 Å². The molecule has 2 rings (SSSR count). The third-order valence-electron chi connectivity index (χ3n) is 3.39. The molecule has 1 aromatic rings. The van der Waals surface area contributed by atoms with Gasteiger partial charge in [-0.15, -0.1) is 0 Å². The number of halogens is 6. The van der Waals surface area contributed by atoms with Gasteiger partial charge in [-0.1, -0.05) is 0 Å². The van der Waals surface area contributed by atoms with E-state index in [1.54, 1.807) is 0 Å². The summed E-state index contributed by atoms with van der Waals surface area (Å²) in [7, 11) is -4.48. The van der Waals surface area contributed by atoms with Gasteiger partial charge < -0.3 is 5.73 Å². The largest absolute Gasteiger partial charge is 0.416 e. The van der Waals surface area contributed by atoms with E-state index in [2.05, 4.69) is 0 Å². The number of hydrogen-bond donors (Lipinski definition) is 1. The number of nitrogens with zero attached hydrogens (tertiary/aromatic N) is 1. The van der Waals surface area contributed by atoms with Crippen LogP contribution in [0.4, 0.5) is 26.3 Å². The summed E-state index contributed by atoms with van der Waals surface area (Å²) in [5.41, 5.74) is 2.19.